The van der Waals surface area contributed by atoms with E-state index in [4.69, 9.17) is 4.74 Å². The molecule has 0 spiro atoms. The Hall–Kier alpha value is -2.74. The summed E-state index contributed by atoms with van der Waals surface area (Å²) in [6.07, 6.45) is 1.76. The van der Waals surface area contributed by atoms with Gasteiger partial charge in [0.1, 0.15) is 18.1 Å². The molecule has 7 nitrogen and oxygen atoms in total. The minimum atomic E-state index is -0.236. The van der Waals surface area contributed by atoms with Crippen molar-refractivity contribution < 1.29 is 9.53 Å². The van der Waals surface area contributed by atoms with E-state index >= 15 is 0 Å². The van der Waals surface area contributed by atoms with E-state index in [9.17, 15) is 4.79 Å². The van der Waals surface area contributed by atoms with Crippen molar-refractivity contribution in [3.63, 3.8) is 0 Å². The second-order valence-corrected chi connectivity index (χ2v) is 5.47. The average Bonchev–Trinajstić information content (AvgIpc) is 3.14. The molecule has 2 aromatic heterocycles. The monoisotopic (exact) mass is 329 g/mol. The third-order valence-corrected chi connectivity index (χ3v) is 3.83. The Morgan fingerprint density at radius 2 is 2.22 bits per heavy atom. The van der Waals surface area contributed by atoms with Gasteiger partial charge in [-0.3, -0.25) is 9.48 Å². The Morgan fingerprint density at radius 1 is 1.35 bits per heavy atom. The van der Waals surface area contributed by atoms with Gasteiger partial charge in [-0.1, -0.05) is 6.07 Å². The molecular weight excluding hydrogens is 314 g/mol. The van der Waals surface area contributed by atoms with E-state index in [-0.39, 0.29) is 5.91 Å². The average molecular weight is 329 g/mol. The van der Waals surface area contributed by atoms with Crippen molar-refractivity contribution in [1.29, 1.82) is 0 Å². The summed E-state index contributed by atoms with van der Waals surface area (Å²) in [5.74, 6) is 0.875. The number of aromatic nitrogens is 4. The van der Waals surface area contributed by atoms with Crippen molar-refractivity contribution in [2.75, 3.05) is 5.32 Å². The van der Waals surface area contributed by atoms with Gasteiger partial charge in [0.15, 0.2) is 5.82 Å². The van der Waals surface area contributed by atoms with Gasteiger partial charge in [-0.05, 0) is 25.1 Å². The number of rotatable bonds is 5. The molecule has 0 unspecified atom stereocenters. The lowest BCUT2D eigenvalue weighted by Gasteiger charge is -2.07. The number of hydrogen-bond acceptors (Lipinski definition) is 6. The number of hydrogen-bond donors (Lipinski definition) is 1. The fourth-order valence-electron chi connectivity index (χ4n) is 1.93. The smallest absolute Gasteiger partial charge is 0.256 e. The van der Waals surface area contributed by atoms with Gasteiger partial charge < -0.3 is 10.1 Å². The maximum Gasteiger partial charge on any atom is 0.256 e. The topological polar surface area (TPSA) is 81.9 Å². The third kappa shape index (κ3) is 3.72. The second kappa shape index (κ2) is 6.57. The number of nitrogens with zero attached hydrogens (tertiary/aromatic N) is 4. The number of ether oxygens (including phenoxy) is 1. The van der Waals surface area contributed by atoms with Crippen molar-refractivity contribution in [3.8, 4) is 5.75 Å². The number of carbonyl (C=O) groups excluding carboxylic acids is 1. The quantitative estimate of drug-likeness (QED) is 0.777. The van der Waals surface area contributed by atoms with Gasteiger partial charge in [0, 0.05) is 24.9 Å². The van der Waals surface area contributed by atoms with Crippen molar-refractivity contribution in [2.24, 2.45) is 7.05 Å². The summed E-state index contributed by atoms with van der Waals surface area (Å²) in [7, 11) is 1.79. The highest BCUT2D eigenvalue weighted by atomic mass is 32.1. The van der Waals surface area contributed by atoms with Crippen LogP contribution in [0.25, 0.3) is 0 Å². The van der Waals surface area contributed by atoms with Gasteiger partial charge in [-0.15, -0.1) is 0 Å². The van der Waals surface area contributed by atoms with Crippen LogP contribution < -0.4 is 10.1 Å². The van der Waals surface area contributed by atoms with Gasteiger partial charge in [0.2, 0.25) is 0 Å². The third-order valence-electron chi connectivity index (χ3n) is 3.17. The molecule has 0 saturated carbocycles. The van der Waals surface area contributed by atoms with E-state index in [0.717, 1.165) is 23.1 Å². The molecule has 0 fully saturated rings. The Balaban J connectivity index is 1.67. The van der Waals surface area contributed by atoms with Crippen LogP contribution in [-0.2, 0) is 13.7 Å². The van der Waals surface area contributed by atoms with Crippen molar-refractivity contribution in [3.05, 3.63) is 53.5 Å². The Labute approximate surface area is 137 Å². The lowest BCUT2D eigenvalue weighted by molar-refractivity contribution is 0.102. The van der Waals surface area contributed by atoms with Crippen LogP contribution in [0.3, 0.4) is 0 Å². The minimum Gasteiger partial charge on any atom is -0.487 e. The number of aryl methyl sites for hydroxylation is 2. The lowest BCUT2D eigenvalue weighted by atomic mass is 10.2. The highest BCUT2D eigenvalue weighted by molar-refractivity contribution is 6.99. The number of carbonyl (C=O) groups is 1. The molecule has 3 rings (SSSR count). The van der Waals surface area contributed by atoms with Crippen LogP contribution in [-0.4, -0.2) is 24.4 Å². The Bertz CT molecular complexity index is 827. The standard InChI is InChI=1S/C15H15N5O2S/c1-10-13(19-23-18-10)9-22-12-5-3-4-11(8-12)15(21)16-14-6-7-20(2)17-14/h3-8H,9H2,1-2H3,(H,16,17,21). The molecule has 3 aromatic rings. The van der Waals surface area contributed by atoms with Crippen molar-refractivity contribution in [1.82, 2.24) is 18.5 Å². The molecule has 0 atom stereocenters. The lowest BCUT2D eigenvalue weighted by Crippen LogP contribution is -2.12. The van der Waals surface area contributed by atoms with Crippen LogP contribution in [0.4, 0.5) is 5.82 Å². The SMILES string of the molecule is Cc1nsnc1COc1cccc(C(=O)Nc2ccn(C)n2)c1. The molecule has 2 heterocycles. The number of benzene rings is 1. The number of anilines is 1. The van der Waals surface area contributed by atoms with E-state index < -0.39 is 0 Å². The van der Waals surface area contributed by atoms with E-state index in [1.807, 2.05) is 6.92 Å². The zero-order valence-electron chi connectivity index (χ0n) is 12.7. The van der Waals surface area contributed by atoms with Crippen LogP contribution in [0.15, 0.2) is 36.5 Å². The van der Waals surface area contributed by atoms with Gasteiger partial charge in [-0.2, -0.15) is 13.8 Å². The molecular formula is C15H15N5O2S. The summed E-state index contributed by atoms with van der Waals surface area (Å²) in [4.78, 5) is 12.2. The fourth-order valence-corrected chi connectivity index (χ4v) is 2.48. The molecule has 1 N–H and O–H groups in total. The second-order valence-electron chi connectivity index (χ2n) is 4.94. The Kier molecular flexibility index (Phi) is 4.33. The molecule has 0 aliphatic heterocycles. The predicted molar refractivity (Wildman–Crippen MR) is 86.6 cm³/mol. The molecule has 118 valence electrons. The van der Waals surface area contributed by atoms with Crippen LogP contribution in [0, 0.1) is 6.92 Å². The first kappa shape index (κ1) is 15.2. The van der Waals surface area contributed by atoms with Gasteiger partial charge in [-0.25, -0.2) is 0 Å². The maximum atomic E-state index is 12.2. The van der Waals surface area contributed by atoms with E-state index in [2.05, 4.69) is 19.2 Å². The van der Waals surface area contributed by atoms with E-state index in [1.165, 1.54) is 0 Å². The minimum absolute atomic E-state index is 0.236. The Morgan fingerprint density at radius 3 is 2.91 bits per heavy atom. The van der Waals surface area contributed by atoms with Crippen LogP contribution in [0.1, 0.15) is 21.7 Å². The summed E-state index contributed by atoms with van der Waals surface area (Å²) < 4.78 is 15.6. The molecule has 1 amide bonds. The molecule has 1 aromatic carbocycles. The van der Waals surface area contributed by atoms with Crippen LogP contribution in [0.5, 0.6) is 5.75 Å². The first-order valence-corrected chi connectivity index (χ1v) is 7.67. The van der Waals surface area contributed by atoms with Crippen molar-refractivity contribution in [2.45, 2.75) is 13.5 Å². The van der Waals surface area contributed by atoms with Gasteiger partial charge in [0.25, 0.3) is 5.91 Å². The maximum absolute atomic E-state index is 12.2. The normalized spacial score (nSPS) is 10.5. The van der Waals surface area contributed by atoms with Crippen LogP contribution in [0.2, 0.25) is 0 Å². The largest absolute Gasteiger partial charge is 0.487 e. The molecule has 0 aliphatic rings. The number of amides is 1. The summed E-state index contributed by atoms with van der Waals surface area (Å²) in [5, 5.41) is 6.86. The molecule has 23 heavy (non-hydrogen) atoms. The summed E-state index contributed by atoms with van der Waals surface area (Å²) in [6, 6.07) is 8.71. The molecule has 8 heteroatoms. The summed E-state index contributed by atoms with van der Waals surface area (Å²) >= 11 is 1.16. The first-order chi connectivity index (χ1) is 11.1. The molecule has 0 bridgehead atoms. The zero-order valence-corrected chi connectivity index (χ0v) is 13.5. The summed E-state index contributed by atoms with van der Waals surface area (Å²) in [6.45, 7) is 2.21. The zero-order chi connectivity index (χ0) is 16.2. The molecule has 0 saturated heterocycles. The van der Waals surface area contributed by atoms with Gasteiger partial charge >= 0.3 is 0 Å². The van der Waals surface area contributed by atoms with Gasteiger partial charge in [0.05, 0.1) is 17.4 Å². The number of nitrogens with one attached hydrogen (secondary N) is 1. The van der Waals surface area contributed by atoms with Crippen molar-refractivity contribution >= 4 is 23.5 Å². The highest BCUT2D eigenvalue weighted by Gasteiger charge is 2.10. The van der Waals surface area contributed by atoms with E-state index in [0.29, 0.717) is 23.7 Å². The predicted octanol–water partition coefficient (Wildman–Crippen LogP) is 2.41. The van der Waals surface area contributed by atoms with E-state index in [1.54, 1.807) is 48.3 Å². The van der Waals surface area contributed by atoms with Crippen LogP contribution >= 0.6 is 11.7 Å². The summed E-state index contributed by atoms with van der Waals surface area (Å²) in [5.41, 5.74) is 2.17. The molecule has 0 radical (unpaired) electrons. The fraction of sp³-hybridized carbons (Fsp3) is 0.200. The highest BCUT2D eigenvalue weighted by Crippen LogP contribution is 2.17. The molecule has 0 aliphatic carbocycles. The first-order valence-electron chi connectivity index (χ1n) is 6.94.